The molecule has 0 radical (unpaired) electrons. The average Bonchev–Trinajstić information content (AvgIpc) is 2.52. The van der Waals surface area contributed by atoms with Crippen LogP contribution in [0.15, 0.2) is 17.5 Å². The molecule has 1 rings (SSSR count). The van der Waals surface area contributed by atoms with Crippen LogP contribution in [0.5, 0.6) is 0 Å². The second kappa shape index (κ2) is 4.94. The van der Waals surface area contributed by atoms with Gasteiger partial charge in [-0.05, 0) is 30.2 Å². The summed E-state index contributed by atoms with van der Waals surface area (Å²) < 4.78 is 0. The molecule has 0 bridgehead atoms. The fourth-order valence-electron chi connectivity index (χ4n) is 0.921. The van der Waals surface area contributed by atoms with Gasteiger partial charge in [0.25, 0.3) is 0 Å². The molecule has 0 nitrogen and oxygen atoms in total. The van der Waals surface area contributed by atoms with Crippen molar-refractivity contribution in [2.75, 3.05) is 5.33 Å². The van der Waals surface area contributed by atoms with E-state index in [2.05, 4.69) is 40.4 Å². The smallest absolute Gasteiger partial charge is 0.00571 e. The summed E-state index contributed by atoms with van der Waals surface area (Å²) in [6.45, 7) is 2.28. The van der Waals surface area contributed by atoms with Crippen molar-refractivity contribution in [1.29, 1.82) is 0 Å². The van der Waals surface area contributed by atoms with Gasteiger partial charge in [0, 0.05) is 10.2 Å². The van der Waals surface area contributed by atoms with E-state index in [1.54, 1.807) is 0 Å². The fourth-order valence-corrected chi connectivity index (χ4v) is 1.97. The molecule has 0 spiro atoms. The minimum Gasteiger partial charge on any atom is -0.149 e. The van der Waals surface area contributed by atoms with Crippen LogP contribution >= 0.6 is 27.3 Å². The van der Waals surface area contributed by atoms with Crippen molar-refractivity contribution in [1.82, 2.24) is 0 Å². The van der Waals surface area contributed by atoms with Crippen LogP contribution in [0, 0.1) is 5.92 Å². The standard InChI is InChI=1S/C9H13BrS/c1-8(7-10)4-5-9-3-2-6-11-9/h2-3,6,8H,4-5,7H2,1H3. The van der Waals surface area contributed by atoms with Crippen LogP contribution in [0.3, 0.4) is 0 Å². The van der Waals surface area contributed by atoms with Crippen LogP contribution < -0.4 is 0 Å². The molecule has 2 heteroatoms. The molecule has 0 aliphatic heterocycles. The molecular formula is C9H13BrS. The van der Waals surface area contributed by atoms with E-state index in [1.165, 1.54) is 17.7 Å². The van der Waals surface area contributed by atoms with E-state index in [0.29, 0.717) is 0 Å². The third-order valence-corrected chi connectivity index (χ3v) is 3.77. The number of alkyl halides is 1. The second-order valence-electron chi connectivity index (χ2n) is 2.88. The summed E-state index contributed by atoms with van der Waals surface area (Å²) in [6, 6.07) is 4.34. The van der Waals surface area contributed by atoms with Gasteiger partial charge in [-0.3, -0.25) is 0 Å². The summed E-state index contributed by atoms with van der Waals surface area (Å²) in [5.74, 6) is 0.803. The van der Waals surface area contributed by atoms with Crippen LogP contribution in [-0.2, 0) is 6.42 Å². The summed E-state index contributed by atoms with van der Waals surface area (Å²) in [5.41, 5.74) is 0. The molecule has 0 fully saturated rings. The van der Waals surface area contributed by atoms with Crippen molar-refractivity contribution < 1.29 is 0 Å². The first kappa shape index (κ1) is 9.27. The van der Waals surface area contributed by atoms with Crippen LogP contribution in [0.4, 0.5) is 0 Å². The Balaban J connectivity index is 2.23. The highest BCUT2D eigenvalue weighted by Gasteiger charge is 2.00. The van der Waals surface area contributed by atoms with Gasteiger partial charge in [-0.1, -0.05) is 28.9 Å². The largest absolute Gasteiger partial charge is 0.149 e. The van der Waals surface area contributed by atoms with Gasteiger partial charge in [0.1, 0.15) is 0 Å². The lowest BCUT2D eigenvalue weighted by atomic mass is 10.1. The Bertz CT molecular complexity index is 181. The zero-order chi connectivity index (χ0) is 8.10. The third-order valence-electron chi connectivity index (χ3n) is 1.73. The van der Waals surface area contributed by atoms with E-state index in [1.807, 2.05) is 11.3 Å². The molecular weight excluding hydrogens is 220 g/mol. The van der Waals surface area contributed by atoms with Gasteiger partial charge < -0.3 is 0 Å². The first-order valence-electron chi connectivity index (χ1n) is 3.91. The van der Waals surface area contributed by atoms with Gasteiger partial charge in [-0.2, -0.15) is 0 Å². The molecule has 1 unspecified atom stereocenters. The summed E-state index contributed by atoms with van der Waals surface area (Å²) >= 11 is 5.34. The fraction of sp³-hybridized carbons (Fsp3) is 0.556. The first-order valence-corrected chi connectivity index (χ1v) is 5.91. The molecule has 0 N–H and O–H groups in total. The van der Waals surface area contributed by atoms with Crippen molar-refractivity contribution in [3.63, 3.8) is 0 Å². The number of thiophene rings is 1. The maximum Gasteiger partial charge on any atom is 0.00571 e. The van der Waals surface area contributed by atoms with Crippen LogP contribution in [-0.4, -0.2) is 5.33 Å². The molecule has 1 heterocycles. The van der Waals surface area contributed by atoms with E-state index in [-0.39, 0.29) is 0 Å². The minimum atomic E-state index is 0.803. The molecule has 11 heavy (non-hydrogen) atoms. The second-order valence-corrected chi connectivity index (χ2v) is 4.56. The van der Waals surface area contributed by atoms with Crippen molar-refractivity contribution in [2.45, 2.75) is 19.8 Å². The van der Waals surface area contributed by atoms with Gasteiger partial charge in [0.15, 0.2) is 0 Å². The Morgan fingerprint density at radius 3 is 3.00 bits per heavy atom. The van der Waals surface area contributed by atoms with Gasteiger partial charge in [0.2, 0.25) is 0 Å². The number of hydrogen-bond donors (Lipinski definition) is 0. The quantitative estimate of drug-likeness (QED) is 0.695. The maximum absolute atomic E-state index is 3.48. The van der Waals surface area contributed by atoms with E-state index in [4.69, 9.17) is 0 Å². The van der Waals surface area contributed by atoms with E-state index in [0.717, 1.165) is 11.2 Å². The Kier molecular flexibility index (Phi) is 4.16. The molecule has 0 amide bonds. The molecule has 0 saturated carbocycles. The summed E-state index contributed by atoms with van der Waals surface area (Å²) in [4.78, 5) is 1.51. The number of rotatable bonds is 4. The van der Waals surface area contributed by atoms with Crippen LogP contribution in [0.2, 0.25) is 0 Å². The molecule has 0 aliphatic rings. The number of halogens is 1. The predicted octanol–water partition coefficient (Wildman–Crippen LogP) is 3.71. The highest BCUT2D eigenvalue weighted by molar-refractivity contribution is 9.09. The predicted molar refractivity (Wildman–Crippen MR) is 55.6 cm³/mol. The molecule has 0 aliphatic carbocycles. The lowest BCUT2D eigenvalue weighted by Crippen LogP contribution is -1.96. The average molecular weight is 233 g/mol. The zero-order valence-electron chi connectivity index (χ0n) is 6.72. The number of hydrogen-bond acceptors (Lipinski definition) is 1. The minimum absolute atomic E-state index is 0.803. The van der Waals surface area contributed by atoms with Crippen molar-refractivity contribution >= 4 is 27.3 Å². The topological polar surface area (TPSA) is 0 Å². The van der Waals surface area contributed by atoms with Crippen LogP contribution in [0.25, 0.3) is 0 Å². The molecule has 1 atom stereocenters. The monoisotopic (exact) mass is 232 g/mol. The Labute approximate surface area is 80.8 Å². The van der Waals surface area contributed by atoms with Crippen molar-refractivity contribution in [3.05, 3.63) is 22.4 Å². The SMILES string of the molecule is CC(CBr)CCc1cccs1. The van der Waals surface area contributed by atoms with Gasteiger partial charge >= 0.3 is 0 Å². The molecule has 62 valence electrons. The van der Waals surface area contributed by atoms with E-state index in [9.17, 15) is 0 Å². The van der Waals surface area contributed by atoms with Crippen molar-refractivity contribution in [3.8, 4) is 0 Å². The van der Waals surface area contributed by atoms with Crippen LogP contribution in [0.1, 0.15) is 18.2 Å². The highest BCUT2D eigenvalue weighted by atomic mass is 79.9. The Morgan fingerprint density at radius 1 is 1.64 bits per heavy atom. The normalized spacial score (nSPS) is 13.3. The van der Waals surface area contributed by atoms with Gasteiger partial charge in [-0.15, -0.1) is 11.3 Å². The molecule has 1 aromatic heterocycles. The lowest BCUT2D eigenvalue weighted by Gasteiger charge is -2.04. The first-order chi connectivity index (χ1) is 5.33. The molecule has 0 saturated heterocycles. The lowest BCUT2D eigenvalue weighted by molar-refractivity contribution is 0.603. The molecule has 1 aromatic rings. The van der Waals surface area contributed by atoms with Gasteiger partial charge in [-0.25, -0.2) is 0 Å². The summed E-state index contributed by atoms with van der Waals surface area (Å²) in [6.07, 6.45) is 2.54. The Morgan fingerprint density at radius 2 is 2.45 bits per heavy atom. The van der Waals surface area contributed by atoms with E-state index >= 15 is 0 Å². The van der Waals surface area contributed by atoms with Crippen molar-refractivity contribution in [2.24, 2.45) is 5.92 Å². The molecule has 0 aromatic carbocycles. The van der Waals surface area contributed by atoms with E-state index < -0.39 is 0 Å². The summed E-state index contributed by atoms with van der Waals surface area (Å²) in [5, 5.41) is 3.27. The number of aryl methyl sites for hydroxylation is 1. The summed E-state index contributed by atoms with van der Waals surface area (Å²) in [7, 11) is 0. The van der Waals surface area contributed by atoms with Gasteiger partial charge in [0.05, 0.1) is 0 Å². The maximum atomic E-state index is 3.48. The zero-order valence-corrected chi connectivity index (χ0v) is 9.12. The Hall–Kier alpha value is 0.180. The highest BCUT2D eigenvalue weighted by Crippen LogP contribution is 2.15. The third kappa shape index (κ3) is 3.39.